The van der Waals surface area contributed by atoms with Crippen molar-refractivity contribution in [3.05, 3.63) is 0 Å². The van der Waals surface area contributed by atoms with Crippen molar-refractivity contribution in [2.45, 2.75) is 71.3 Å². The van der Waals surface area contributed by atoms with Gasteiger partial charge in [-0.05, 0) is 60.7 Å². The predicted molar refractivity (Wildman–Crippen MR) is 83.1 cm³/mol. The van der Waals surface area contributed by atoms with Crippen LogP contribution in [0.25, 0.3) is 0 Å². The van der Waals surface area contributed by atoms with E-state index in [1.165, 1.54) is 0 Å². The van der Waals surface area contributed by atoms with Gasteiger partial charge in [0.1, 0.15) is 11.6 Å². The topological polar surface area (TPSA) is 54.4 Å². The van der Waals surface area contributed by atoms with E-state index in [0.717, 1.165) is 32.1 Å². The molecular formula is C19H28O3. The van der Waals surface area contributed by atoms with Gasteiger partial charge in [-0.25, -0.2) is 0 Å². The van der Waals surface area contributed by atoms with Crippen molar-refractivity contribution in [3.63, 3.8) is 0 Å². The average Bonchev–Trinajstić information content (AvgIpc) is 2.76. The molecule has 0 spiro atoms. The lowest BCUT2D eigenvalue weighted by molar-refractivity contribution is -0.161. The van der Waals surface area contributed by atoms with E-state index < -0.39 is 0 Å². The van der Waals surface area contributed by atoms with Gasteiger partial charge in [-0.15, -0.1) is 0 Å². The molecule has 4 rings (SSSR count). The highest BCUT2D eigenvalue weighted by molar-refractivity contribution is 5.86. The van der Waals surface area contributed by atoms with Crippen LogP contribution < -0.4 is 0 Å². The van der Waals surface area contributed by atoms with Gasteiger partial charge in [-0.1, -0.05) is 13.8 Å². The van der Waals surface area contributed by atoms with Gasteiger partial charge in [0.05, 0.1) is 6.10 Å². The highest BCUT2D eigenvalue weighted by Crippen LogP contribution is 2.64. The minimum absolute atomic E-state index is 0.0305. The number of fused-ring (bicyclic) bond motifs is 5. The minimum atomic E-state index is -0.246. The Hall–Kier alpha value is -0.700. The zero-order valence-electron chi connectivity index (χ0n) is 13.8. The lowest BCUT2D eigenvalue weighted by atomic mass is 9.45. The molecule has 4 saturated carbocycles. The summed E-state index contributed by atoms with van der Waals surface area (Å²) in [6.45, 7) is 4.48. The number of carbonyl (C=O) groups excluding carboxylic acids is 2. The van der Waals surface area contributed by atoms with Crippen LogP contribution in [0, 0.1) is 34.5 Å². The zero-order valence-corrected chi connectivity index (χ0v) is 13.8. The molecule has 0 saturated heterocycles. The van der Waals surface area contributed by atoms with E-state index >= 15 is 0 Å². The van der Waals surface area contributed by atoms with Gasteiger partial charge in [0.25, 0.3) is 0 Å². The van der Waals surface area contributed by atoms with Crippen molar-refractivity contribution < 1.29 is 14.7 Å². The molecule has 22 heavy (non-hydrogen) atoms. The zero-order chi connectivity index (χ0) is 15.7. The number of rotatable bonds is 0. The highest BCUT2D eigenvalue weighted by atomic mass is 16.3. The Bertz CT molecular complexity index is 527. The smallest absolute Gasteiger partial charge is 0.136 e. The summed E-state index contributed by atoms with van der Waals surface area (Å²) in [5.74, 6) is 2.05. The molecule has 0 amide bonds. The lowest BCUT2D eigenvalue weighted by Crippen LogP contribution is -2.57. The maximum Gasteiger partial charge on any atom is 0.136 e. The summed E-state index contributed by atoms with van der Waals surface area (Å²) in [6.07, 6.45) is 6.55. The summed E-state index contributed by atoms with van der Waals surface area (Å²) in [5.41, 5.74) is -0.0402. The number of Topliss-reactive ketones (excluding diaryl/α,β-unsaturated/α-hetero) is 2. The van der Waals surface area contributed by atoms with Gasteiger partial charge in [0, 0.05) is 25.2 Å². The highest BCUT2D eigenvalue weighted by Gasteiger charge is 2.62. The maximum absolute atomic E-state index is 12.9. The van der Waals surface area contributed by atoms with E-state index in [1.807, 2.05) is 0 Å². The molecule has 4 aliphatic rings. The van der Waals surface area contributed by atoms with Crippen LogP contribution in [0.2, 0.25) is 0 Å². The Morgan fingerprint density at radius 2 is 1.73 bits per heavy atom. The molecule has 0 radical (unpaired) electrons. The fourth-order valence-electron chi connectivity index (χ4n) is 6.77. The second-order valence-electron chi connectivity index (χ2n) is 9.00. The molecule has 3 nitrogen and oxygen atoms in total. The van der Waals surface area contributed by atoms with Gasteiger partial charge in [-0.3, -0.25) is 9.59 Å². The van der Waals surface area contributed by atoms with Crippen molar-refractivity contribution in [2.24, 2.45) is 34.5 Å². The first-order chi connectivity index (χ1) is 10.4. The van der Waals surface area contributed by atoms with Crippen LogP contribution in [0.3, 0.4) is 0 Å². The Morgan fingerprint density at radius 1 is 1.00 bits per heavy atom. The van der Waals surface area contributed by atoms with Crippen molar-refractivity contribution in [2.75, 3.05) is 0 Å². The minimum Gasteiger partial charge on any atom is -0.393 e. The third-order valence-corrected chi connectivity index (χ3v) is 8.17. The van der Waals surface area contributed by atoms with Crippen molar-refractivity contribution >= 4 is 11.6 Å². The quantitative estimate of drug-likeness (QED) is 0.748. The van der Waals surface area contributed by atoms with Crippen molar-refractivity contribution in [1.29, 1.82) is 0 Å². The van der Waals surface area contributed by atoms with E-state index in [9.17, 15) is 14.7 Å². The van der Waals surface area contributed by atoms with E-state index in [2.05, 4.69) is 13.8 Å². The van der Waals surface area contributed by atoms with Crippen LogP contribution >= 0.6 is 0 Å². The summed E-state index contributed by atoms with van der Waals surface area (Å²) < 4.78 is 0. The molecule has 0 aromatic rings. The molecule has 4 fully saturated rings. The number of hydrogen-bond acceptors (Lipinski definition) is 3. The molecule has 7 unspecified atom stereocenters. The second-order valence-corrected chi connectivity index (χ2v) is 9.00. The normalized spacial score (nSPS) is 54.6. The first-order valence-electron chi connectivity index (χ1n) is 9.09. The molecule has 7 atom stereocenters. The summed E-state index contributed by atoms with van der Waals surface area (Å²) >= 11 is 0. The van der Waals surface area contributed by atoms with E-state index in [-0.39, 0.29) is 22.9 Å². The fraction of sp³-hybridized carbons (Fsp3) is 0.895. The molecule has 0 aromatic heterocycles. The van der Waals surface area contributed by atoms with E-state index in [4.69, 9.17) is 0 Å². The largest absolute Gasteiger partial charge is 0.393 e. The van der Waals surface area contributed by atoms with Gasteiger partial charge < -0.3 is 5.11 Å². The fourth-order valence-corrected chi connectivity index (χ4v) is 6.77. The maximum atomic E-state index is 12.9. The van der Waals surface area contributed by atoms with Crippen LogP contribution in [0.15, 0.2) is 0 Å². The van der Waals surface area contributed by atoms with E-state index in [1.54, 1.807) is 0 Å². The first kappa shape index (κ1) is 14.9. The Morgan fingerprint density at radius 3 is 2.50 bits per heavy atom. The summed E-state index contributed by atoms with van der Waals surface area (Å²) in [5, 5.41) is 10.4. The number of carbonyl (C=O) groups is 2. The van der Waals surface area contributed by atoms with E-state index in [0.29, 0.717) is 48.6 Å². The monoisotopic (exact) mass is 304 g/mol. The Balaban J connectivity index is 1.72. The molecule has 3 heteroatoms. The van der Waals surface area contributed by atoms with Crippen LogP contribution in [-0.2, 0) is 9.59 Å². The summed E-state index contributed by atoms with van der Waals surface area (Å²) in [6, 6.07) is 0. The summed E-state index contributed by atoms with van der Waals surface area (Å²) in [7, 11) is 0. The van der Waals surface area contributed by atoms with Gasteiger partial charge in [0.15, 0.2) is 0 Å². The second kappa shape index (κ2) is 4.66. The molecule has 1 N–H and O–H groups in total. The lowest BCUT2D eigenvalue weighted by Gasteiger charge is -2.58. The number of aliphatic hydroxyl groups is 1. The SMILES string of the molecule is CC12CCC3C(C(=O)CC4CCC(=O)CC43C)C1CCC2O. The molecule has 4 aliphatic carbocycles. The third-order valence-electron chi connectivity index (χ3n) is 8.17. The third kappa shape index (κ3) is 1.78. The Labute approximate surface area is 132 Å². The molecule has 0 aliphatic heterocycles. The van der Waals surface area contributed by atoms with Gasteiger partial charge in [0.2, 0.25) is 0 Å². The van der Waals surface area contributed by atoms with Crippen LogP contribution in [0.4, 0.5) is 0 Å². The molecule has 0 aromatic carbocycles. The predicted octanol–water partition coefficient (Wildman–Crippen LogP) is 3.14. The molecule has 0 bridgehead atoms. The first-order valence-corrected chi connectivity index (χ1v) is 9.09. The number of ketones is 2. The number of hydrogen-bond donors (Lipinski definition) is 1. The van der Waals surface area contributed by atoms with Crippen molar-refractivity contribution in [3.8, 4) is 0 Å². The number of aliphatic hydroxyl groups excluding tert-OH is 1. The van der Waals surface area contributed by atoms with Crippen LogP contribution in [0.5, 0.6) is 0 Å². The average molecular weight is 304 g/mol. The Kier molecular flexibility index (Phi) is 3.15. The standard InChI is InChI=1S/C19H28O3/c1-18-8-7-14-17(13(18)5-6-16(18)22)15(21)9-11-3-4-12(20)10-19(11,14)2/h11,13-14,16-17,22H,3-10H2,1-2H3. The molecule has 0 heterocycles. The van der Waals surface area contributed by atoms with Gasteiger partial charge >= 0.3 is 0 Å². The van der Waals surface area contributed by atoms with Gasteiger partial charge in [-0.2, -0.15) is 0 Å². The van der Waals surface area contributed by atoms with Crippen LogP contribution in [-0.4, -0.2) is 22.8 Å². The molecular weight excluding hydrogens is 276 g/mol. The summed E-state index contributed by atoms with van der Waals surface area (Å²) in [4.78, 5) is 25.0. The molecule has 122 valence electrons. The van der Waals surface area contributed by atoms with Crippen molar-refractivity contribution in [1.82, 2.24) is 0 Å². The van der Waals surface area contributed by atoms with Crippen LogP contribution in [0.1, 0.15) is 65.2 Å².